The number of hydrogen-bond donors (Lipinski definition) is 0. The maximum Gasteiger partial charge on any atom is 0.311 e. The van der Waals surface area contributed by atoms with Gasteiger partial charge >= 0.3 is 5.97 Å². The minimum atomic E-state index is -0.0263. The van der Waals surface area contributed by atoms with E-state index in [-0.39, 0.29) is 11.9 Å². The highest BCUT2D eigenvalue weighted by Gasteiger charge is 2.35. The Hall–Kier alpha value is -0.990. The van der Waals surface area contributed by atoms with E-state index < -0.39 is 0 Å². The van der Waals surface area contributed by atoms with Gasteiger partial charge in [0, 0.05) is 13.1 Å². The summed E-state index contributed by atoms with van der Waals surface area (Å²) in [4.78, 5) is 13.7. The lowest BCUT2D eigenvalue weighted by atomic mass is 9.83. The molecule has 3 aliphatic heterocycles. The Kier molecular flexibility index (Phi) is 2.25. The van der Waals surface area contributed by atoms with Crippen LogP contribution >= 0.6 is 0 Å². The van der Waals surface area contributed by atoms with Gasteiger partial charge in [-0.15, -0.1) is 0 Å². The van der Waals surface area contributed by atoms with Crippen molar-refractivity contribution in [1.82, 2.24) is 4.90 Å². The molecule has 0 N–H and O–H groups in total. The van der Waals surface area contributed by atoms with Crippen molar-refractivity contribution in [3.05, 3.63) is 12.3 Å². The zero-order chi connectivity index (χ0) is 9.26. The van der Waals surface area contributed by atoms with Gasteiger partial charge in [-0.05, 0) is 25.5 Å². The fourth-order valence-electron chi connectivity index (χ4n) is 2.09. The minimum absolute atomic E-state index is 0.0263. The molecule has 0 saturated carbocycles. The molecule has 3 rings (SSSR count). The van der Waals surface area contributed by atoms with E-state index in [2.05, 4.69) is 17.2 Å². The lowest BCUT2D eigenvalue weighted by Gasteiger charge is -2.39. The summed E-state index contributed by atoms with van der Waals surface area (Å²) in [7, 11) is 0. The zero-order valence-corrected chi connectivity index (χ0v) is 7.90. The first-order valence-corrected chi connectivity index (χ1v) is 4.90. The minimum Gasteiger partial charge on any atom is -0.466 e. The van der Waals surface area contributed by atoms with Crippen molar-refractivity contribution in [2.45, 2.75) is 13.3 Å². The van der Waals surface area contributed by atoms with Crippen molar-refractivity contribution in [1.29, 1.82) is 0 Å². The van der Waals surface area contributed by atoms with E-state index >= 15 is 0 Å². The van der Waals surface area contributed by atoms with E-state index in [0.29, 0.717) is 12.5 Å². The molecule has 0 aromatic rings. The molecule has 0 aromatic carbocycles. The molecule has 0 aromatic heterocycles. The summed E-state index contributed by atoms with van der Waals surface area (Å²) in [6.45, 7) is 4.29. The van der Waals surface area contributed by atoms with E-state index in [9.17, 15) is 4.79 Å². The molecule has 0 aliphatic carbocycles. The third-order valence-corrected chi connectivity index (χ3v) is 2.83. The molecular weight excluding hydrogens is 166 g/mol. The predicted octanol–water partition coefficient (Wildman–Crippen LogP) is 1.01. The van der Waals surface area contributed by atoms with Crippen LogP contribution in [-0.4, -0.2) is 30.6 Å². The van der Waals surface area contributed by atoms with Crippen LogP contribution in [-0.2, 0) is 9.53 Å². The first-order chi connectivity index (χ1) is 6.31. The second kappa shape index (κ2) is 3.40. The van der Waals surface area contributed by atoms with E-state index in [0.717, 1.165) is 19.5 Å². The Bertz CT molecular complexity index is 237. The molecule has 0 spiro atoms. The van der Waals surface area contributed by atoms with Gasteiger partial charge in [0.1, 0.15) is 0 Å². The first kappa shape index (κ1) is 8.60. The molecule has 1 fully saturated rings. The summed E-state index contributed by atoms with van der Waals surface area (Å²) in [5.74, 6) is 0.476. The summed E-state index contributed by atoms with van der Waals surface area (Å²) >= 11 is 0. The Balaban J connectivity index is 2.02. The van der Waals surface area contributed by atoms with Crippen molar-refractivity contribution in [2.24, 2.45) is 11.8 Å². The summed E-state index contributed by atoms with van der Waals surface area (Å²) < 4.78 is 5.03. The van der Waals surface area contributed by atoms with E-state index in [4.69, 9.17) is 4.74 Å². The first-order valence-electron chi connectivity index (χ1n) is 4.90. The normalized spacial score (nSPS) is 30.7. The Morgan fingerprint density at radius 1 is 1.69 bits per heavy atom. The van der Waals surface area contributed by atoms with Gasteiger partial charge in [-0.1, -0.05) is 6.08 Å². The fraction of sp³-hybridized carbons (Fsp3) is 0.700. The number of ether oxygens (including phenoxy) is 1. The molecule has 13 heavy (non-hydrogen) atoms. The summed E-state index contributed by atoms with van der Waals surface area (Å²) in [5.41, 5.74) is 0. The van der Waals surface area contributed by atoms with Gasteiger partial charge in [-0.3, -0.25) is 4.79 Å². The lowest BCUT2D eigenvalue weighted by molar-refractivity contribution is -0.151. The Morgan fingerprint density at radius 2 is 2.54 bits per heavy atom. The molecule has 72 valence electrons. The van der Waals surface area contributed by atoms with Crippen LogP contribution < -0.4 is 0 Å². The number of carbonyl (C=O) groups excluding carboxylic acids is 1. The van der Waals surface area contributed by atoms with Crippen LogP contribution in [0.15, 0.2) is 12.3 Å². The lowest BCUT2D eigenvalue weighted by Crippen LogP contribution is -2.44. The number of carbonyl (C=O) groups is 1. The Morgan fingerprint density at radius 3 is 3.00 bits per heavy atom. The molecule has 2 unspecified atom stereocenters. The molecule has 3 heteroatoms. The Labute approximate surface area is 78.4 Å². The monoisotopic (exact) mass is 181 g/mol. The highest BCUT2D eigenvalue weighted by molar-refractivity contribution is 5.73. The molecule has 1 saturated heterocycles. The fourth-order valence-corrected chi connectivity index (χ4v) is 2.09. The van der Waals surface area contributed by atoms with Crippen LogP contribution in [0.3, 0.4) is 0 Å². The second-order valence-electron chi connectivity index (χ2n) is 3.65. The maximum atomic E-state index is 11.5. The van der Waals surface area contributed by atoms with Gasteiger partial charge < -0.3 is 9.64 Å². The number of nitrogens with zero attached hydrogens (tertiary/aromatic N) is 1. The topological polar surface area (TPSA) is 29.5 Å². The number of allylic oxidation sites excluding steroid dienone is 1. The van der Waals surface area contributed by atoms with Crippen molar-refractivity contribution >= 4 is 5.97 Å². The number of fused-ring (bicyclic) bond motifs is 2. The highest BCUT2D eigenvalue weighted by atomic mass is 16.5. The number of hydrogen-bond acceptors (Lipinski definition) is 3. The third kappa shape index (κ3) is 1.55. The average Bonchev–Trinajstić information content (AvgIpc) is 2.20. The number of rotatable bonds is 2. The van der Waals surface area contributed by atoms with Gasteiger partial charge in [-0.25, -0.2) is 0 Å². The largest absolute Gasteiger partial charge is 0.466 e. The highest BCUT2D eigenvalue weighted by Crippen LogP contribution is 2.30. The molecule has 0 amide bonds. The van der Waals surface area contributed by atoms with Crippen LogP contribution in [0.1, 0.15) is 13.3 Å². The van der Waals surface area contributed by atoms with Gasteiger partial charge in [0.15, 0.2) is 0 Å². The maximum absolute atomic E-state index is 11.5. The van der Waals surface area contributed by atoms with Gasteiger partial charge in [0.2, 0.25) is 0 Å². The molecule has 3 heterocycles. The van der Waals surface area contributed by atoms with Crippen molar-refractivity contribution < 1.29 is 9.53 Å². The van der Waals surface area contributed by atoms with E-state index in [1.807, 2.05) is 6.92 Å². The number of esters is 1. The number of piperidine rings is 1. The van der Waals surface area contributed by atoms with Crippen LogP contribution in [0.2, 0.25) is 0 Å². The smallest absolute Gasteiger partial charge is 0.311 e. The quantitative estimate of drug-likeness (QED) is 0.595. The standard InChI is InChI=1S/C10H15NO2/c1-2-13-10(12)9-7-11-5-3-8(9)4-6-11/h3,5,8-9H,2,4,6-7H2,1H3. The van der Waals surface area contributed by atoms with Crippen LogP contribution in [0, 0.1) is 11.8 Å². The molecule has 2 bridgehead atoms. The summed E-state index contributed by atoms with van der Waals surface area (Å²) in [6, 6.07) is 0. The predicted molar refractivity (Wildman–Crippen MR) is 48.9 cm³/mol. The van der Waals surface area contributed by atoms with Crippen LogP contribution in [0.25, 0.3) is 0 Å². The molecular formula is C10H15NO2. The van der Waals surface area contributed by atoms with Gasteiger partial charge in [0.25, 0.3) is 0 Å². The second-order valence-corrected chi connectivity index (χ2v) is 3.65. The average molecular weight is 181 g/mol. The molecule has 3 aliphatic rings. The van der Waals surface area contributed by atoms with E-state index in [1.54, 1.807) is 0 Å². The molecule has 0 radical (unpaired) electrons. The zero-order valence-electron chi connectivity index (χ0n) is 7.90. The van der Waals surface area contributed by atoms with Gasteiger partial charge in [0.05, 0.1) is 12.5 Å². The van der Waals surface area contributed by atoms with Crippen molar-refractivity contribution in [3.63, 3.8) is 0 Å². The van der Waals surface area contributed by atoms with Crippen molar-refractivity contribution in [3.8, 4) is 0 Å². The van der Waals surface area contributed by atoms with Crippen LogP contribution in [0.5, 0.6) is 0 Å². The molecule has 2 atom stereocenters. The van der Waals surface area contributed by atoms with Gasteiger partial charge in [-0.2, -0.15) is 0 Å². The molecule has 3 nitrogen and oxygen atoms in total. The summed E-state index contributed by atoms with van der Waals surface area (Å²) in [6.07, 6.45) is 5.33. The third-order valence-electron chi connectivity index (χ3n) is 2.83. The van der Waals surface area contributed by atoms with Crippen LogP contribution in [0.4, 0.5) is 0 Å². The van der Waals surface area contributed by atoms with Crippen molar-refractivity contribution in [2.75, 3.05) is 19.7 Å². The van der Waals surface area contributed by atoms with E-state index in [1.165, 1.54) is 0 Å². The SMILES string of the molecule is CCOC(=O)C1CN2C=CC1CC2. The summed E-state index contributed by atoms with van der Waals surface area (Å²) in [5, 5.41) is 0.